The Hall–Kier alpha value is -2.56. The van der Waals surface area contributed by atoms with Gasteiger partial charge >= 0.3 is 0 Å². The molecular weight excluding hydrogens is 230 g/mol. The Kier molecular flexibility index (Phi) is 2.57. The number of nitrogens with zero attached hydrogens (tertiary/aromatic N) is 3. The topological polar surface area (TPSA) is 53.1 Å². The molecule has 0 aliphatic carbocycles. The van der Waals surface area contributed by atoms with Crippen LogP contribution in [0.25, 0.3) is 17.0 Å². The molecule has 5 nitrogen and oxygen atoms in total. The minimum absolute atomic E-state index is 0.709. The molecule has 3 aromatic rings. The number of hydrogen-bond acceptors (Lipinski definition) is 4. The number of hydrogen-bond donors (Lipinski definition) is 0. The number of benzene rings is 1. The Labute approximate surface area is 104 Å². The van der Waals surface area contributed by atoms with Crippen molar-refractivity contribution in [3.8, 4) is 22.8 Å². The Morgan fingerprint density at radius 3 is 2.94 bits per heavy atom. The van der Waals surface area contributed by atoms with Gasteiger partial charge < -0.3 is 9.15 Å². The van der Waals surface area contributed by atoms with E-state index < -0.39 is 0 Å². The molecule has 18 heavy (non-hydrogen) atoms. The molecule has 2 aromatic heterocycles. The van der Waals surface area contributed by atoms with Crippen molar-refractivity contribution in [2.24, 2.45) is 0 Å². The molecule has 5 heteroatoms. The van der Waals surface area contributed by atoms with E-state index in [1.165, 1.54) is 6.39 Å². The van der Waals surface area contributed by atoms with E-state index in [2.05, 4.69) is 10.1 Å². The van der Waals surface area contributed by atoms with E-state index in [9.17, 15) is 0 Å². The molecule has 0 bridgehead atoms. The molecule has 0 atom stereocenters. The van der Waals surface area contributed by atoms with E-state index >= 15 is 0 Å². The zero-order valence-corrected chi connectivity index (χ0v) is 9.78. The molecule has 0 saturated carbocycles. The van der Waals surface area contributed by atoms with Gasteiger partial charge in [-0.2, -0.15) is 5.10 Å². The zero-order valence-electron chi connectivity index (χ0n) is 9.78. The van der Waals surface area contributed by atoms with Crippen LogP contribution in [0.15, 0.2) is 53.7 Å². The fraction of sp³-hybridized carbons (Fsp3) is 0.0769. The highest BCUT2D eigenvalue weighted by atomic mass is 16.5. The van der Waals surface area contributed by atoms with Gasteiger partial charge in [-0.25, -0.2) is 9.67 Å². The summed E-state index contributed by atoms with van der Waals surface area (Å²) >= 11 is 0. The van der Waals surface area contributed by atoms with Crippen LogP contribution < -0.4 is 4.74 Å². The minimum atomic E-state index is 0.709. The van der Waals surface area contributed by atoms with E-state index in [1.807, 2.05) is 30.5 Å². The average Bonchev–Trinajstić information content (AvgIpc) is 3.11. The van der Waals surface area contributed by atoms with E-state index in [0.29, 0.717) is 5.76 Å². The van der Waals surface area contributed by atoms with Gasteiger partial charge in [0.2, 0.25) is 0 Å². The highest BCUT2D eigenvalue weighted by Crippen LogP contribution is 2.29. The number of rotatable bonds is 3. The molecule has 0 aliphatic rings. The van der Waals surface area contributed by atoms with Crippen molar-refractivity contribution in [2.75, 3.05) is 7.11 Å². The van der Waals surface area contributed by atoms with E-state index in [4.69, 9.17) is 9.15 Å². The van der Waals surface area contributed by atoms with Gasteiger partial charge in [0.25, 0.3) is 0 Å². The predicted molar refractivity (Wildman–Crippen MR) is 65.6 cm³/mol. The van der Waals surface area contributed by atoms with E-state index in [-0.39, 0.29) is 0 Å². The summed E-state index contributed by atoms with van der Waals surface area (Å²) in [5.41, 5.74) is 1.80. The van der Waals surface area contributed by atoms with E-state index in [1.54, 1.807) is 24.2 Å². The first-order valence-electron chi connectivity index (χ1n) is 5.45. The second-order valence-corrected chi connectivity index (χ2v) is 3.70. The fourth-order valence-electron chi connectivity index (χ4n) is 1.79. The number of ether oxygens (including phenoxy) is 1. The van der Waals surface area contributed by atoms with Crippen LogP contribution in [0, 0.1) is 0 Å². The lowest BCUT2D eigenvalue weighted by Gasteiger charge is -2.09. The Balaban J connectivity index is 2.08. The van der Waals surface area contributed by atoms with Crippen molar-refractivity contribution in [1.29, 1.82) is 0 Å². The van der Waals surface area contributed by atoms with Crippen LogP contribution in [0.5, 0.6) is 5.75 Å². The van der Waals surface area contributed by atoms with Crippen molar-refractivity contribution in [3.05, 3.63) is 49.2 Å². The quantitative estimate of drug-likeness (QED) is 0.707. The maximum absolute atomic E-state index is 5.38. The van der Waals surface area contributed by atoms with Crippen LogP contribution in [0.3, 0.4) is 0 Å². The molecule has 3 rings (SSSR count). The first kappa shape index (κ1) is 10.6. The predicted octanol–water partition coefficient (Wildman–Crippen LogP) is 2.54. The van der Waals surface area contributed by atoms with Crippen LogP contribution in [-0.4, -0.2) is 21.9 Å². The number of aromatic nitrogens is 3. The van der Waals surface area contributed by atoms with Crippen molar-refractivity contribution in [2.45, 2.75) is 0 Å². The van der Waals surface area contributed by atoms with Gasteiger partial charge in [-0.15, -0.1) is 0 Å². The Bertz CT molecular complexity index is 630. The molecule has 0 N–H and O–H groups in total. The fourth-order valence-corrected chi connectivity index (χ4v) is 1.79. The maximum Gasteiger partial charge on any atom is 0.181 e. The third-order valence-electron chi connectivity index (χ3n) is 2.65. The lowest BCUT2D eigenvalue weighted by Crippen LogP contribution is -1.98. The van der Waals surface area contributed by atoms with Gasteiger partial charge in [-0.05, 0) is 24.3 Å². The third kappa shape index (κ3) is 1.75. The van der Waals surface area contributed by atoms with Gasteiger partial charge in [-0.3, -0.25) is 0 Å². The van der Waals surface area contributed by atoms with Crippen molar-refractivity contribution in [3.63, 3.8) is 0 Å². The summed E-state index contributed by atoms with van der Waals surface area (Å²) in [5.74, 6) is 1.44. The summed E-state index contributed by atoms with van der Waals surface area (Å²) in [6.07, 6.45) is 6.67. The highest BCUT2D eigenvalue weighted by molar-refractivity contribution is 5.63. The Morgan fingerprint density at radius 1 is 1.33 bits per heavy atom. The molecule has 0 saturated heterocycles. The summed E-state index contributed by atoms with van der Waals surface area (Å²) in [5, 5.41) is 4.19. The lowest BCUT2D eigenvalue weighted by atomic mass is 10.1. The third-order valence-corrected chi connectivity index (χ3v) is 2.65. The summed E-state index contributed by atoms with van der Waals surface area (Å²) in [7, 11) is 1.63. The van der Waals surface area contributed by atoms with Gasteiger partial charge in [0, 0.05) is 18.0 Å². The van der Waals surface area contributed by atoms with Crippen molar-refractivity contribution in [1.82, 2.24) is 14.8 Å². The molecule has 0 amide bonds. The van der Waals surface area contributed by atoms with Crippen LogP contribution in [0.2, 0.25) is 0 Å². The summed E-state index contributed by atoms with van der Waals surface area (Å²) in [6.45, 7) is 0. The summed E-state index contributed by atoms with van der Waals surface area (Å²) in [6, 6.07) is 7.64. The van der Waals surface area contributed by atoms with Crippen LogP contribution in [-0.2, 0) is 0 Å². The molecule has 0 aliphatic heterocycles. The highest BCUT2D eigenvalue weighted by Gasteiger charge is 2.09. The normalized spacial score (nSPS) is 10.5. The average molecular weight is 241 g/mol. The molecule has 1 aromatic carbocycles. The molecule has 90 valence electrons. The SMILES string of the molecule is COc1cc(-c2cnco2)ccc1-n1cccn1. The molecule has 0 radical (unpaired) electrons. The summed E-state index contributed by atoms with van der Waals surface area (Å²) in [4.78, 5) is 3.90. The van der Waals surface area contributed by atoms with Crippen molar-refractivity contribution >= 4 is 0 Å². The van der Waals surface area contributed by atoms with Crippen LogP contribution in [0.1, 0.15) is 0 Å². The number of oxazole rings is 1. The molecule has 2 heterocycles. The monoisotopic (exact) mass is 241 g/mol. The second kappa shape index (κ2) is 4.37. The van der Waals surface area contributed by atoms with Gasteiger partial charge in [-0.1, -0.05) is 0 Å². The van der Waals surface area contributed by atoms with Crippen LogP contribution >= 0.6 is 0 Å². The molecular formula is C13H11N3O2. The maximum atomic E-state index is 5.38. The summed E-state index contributed by atoms with van der Waals surface area (Å²) < 4.78 is 12.4. The minimum Gasteiger partial charge on any atom is -0.494 e. The first-order chi connectivity index (χ1) is 8.88. The first-order valence-corrected chi connectivity index (χ1v) is 5.45. The van der Waals surface area contributed by atoms with Crippen molar-refractivity contribution < 1.29 is 9.15 Å². The van der Waals surface area contributed by atoms with Gasteiger partial charge in [0.15, 0.2) is 12.2 Å². The molecule has 0 spiro atoms. The smallest absolute Gasteiger partial charge is 0.181 e. The number of methoxy groups -OCH3 is 1. The zero-order chi connectivity index (χ0) is 12.4. The second-order valence-electron chi connectivity index (χ2n) is 3.70. The van der Waals surface area contributed by atoms with E-state index in [0.717, 1.165) is 17.0 Å². The van der Waals surface area contributed by atoms with Gasteiger partial charge in [0.05, 0.1) is 13.3 Å². The van der Waals surface area contributed by atoms with Gasteiger partial charge in [0.1, 0.15) is 11.4 Å². The Morgan fingerprint density at radius 2 is 2.28 bits per heavy atom. The largest absolute Gasteiger partial charge is 0.494 e. The molecule has 0 unspecified atom stereocenters. The molecule has 0 fully saturated rings. The lowest BCUT2D eigenvalue weighted by molar-refractivity contribution is 0.411. The standard InChI is InChI=1S/C13H11N3O2/c1-17-12-7-10(13-8-14-9-18-13)3-4-11(12)16-6-2-5-15-16/h2-9H,1H3. The van der Waals surface area contributed by atoms with Crippen LogP contribution in [0.4, 0.5) is 0 Å².